The van der Waals surface area contributed by atoms with Crippen LogP contribution in [-0.2, 0) is 16.6 Å². The van der Waals surface area contributed by atoms with Crippen LogP contribution < -0.4 is 5.32 Å². The lowest BCUT2D eigenvalue weighted by Gasteiger charge is -2.63. The number of hydrogen-bond acceptors (Lipinski definition) is 2. The second-order valence-corrected chi connectivity index (χ2v) is 10.2. The molecule has 0 spiro atoms. The first kappa shape index (κ1) is 17.9. The smallest absolute Gasteiger partial charge is 0.217 e. The first-order valence-corrected chi connectivity index (χ1v) is 10.2. The molecule has 0 aromatic heterocycles. The van der Waals surface area contributed by atoms with Crippen LogP contribution in [0.1, 0.15) is 71.4 Å². The number of hydrogen-bond donors (Lipinski definition) is 2. The van der Waals surface area contributed by atoms with Gasteiger partial charge in [-0.2, -0.15) is 0 Å². The molecular formula is C23H33NO2. The third kappa shape index (κ3) is 2.28. The lowest BCUT2D eigenvalue weighted by Crippen LogP contribution is -2.61. The van der Waals surface area contributed by atoms with Gasteiger partial charge in [0.1, 0.15) is 5.75 Å². The fraction of sp³-hybridized carbons (Fsp3) is 0.696. The summed E-state index contributed by atoms with van der Waals surface area (Å²) in [5.41, 5.74) is 3.41. The van der Waals surface area contributed by atoms with E-state index in [1.807, 2.05) is 12.1 Å². The largest absolute Gasteiger partial charge is 0.508 e. The Morgan fingerprint density at radius 2 is 1.85 bits per heavy atom. The summed E-state index contributed by atoms with van der Waals surface area (Å²) < 4.78 is 0. The molecule has 2 N–H and O–H groups in total. The van der Waals surface area contributed by atoms with Crippen LogP contribution in [0.2, 0.25) is 0 Å². The topological polar surface area (TPSA) is 49.3 Å². The molecule has 3 aliphatic rings. The number of benzene rings is 1. The Balaban J connectivity index is 1.72. The van der Waals surface area contributed by atoms with Gasteiger partial charge in [0.2, 0.25) is 5.91 Å². The molecule has 142 valence electrons. The Morgan fingerprint density at radius 1 is 1.12 bits per heavy atom. The molecular weight excluding hydrogens is 322 g/mol. The van der Waals surface area contributed by atoms with Crippen LogP contribution >= 0.6 is 0 Å². The number of rotatable bonds is 1. The van der Waals surface area contributed by atoms with Crippen LogP contribution in [-0.4, -0.2) is 17.1 Å². The molecule has 0 saturated heterocycles. The van der Waals surface area contributed by atoms with E-state index in [4.69, 9.17) is 0 Å². The average Bonchev–Trinajstić information content (AvgIpc) is 2.83. The first-order valence-electron chi connectivity index (χ1n) is 10.2. The number of fused-ring (bicyclic) bond motifs is 5. The third-order valence-electron chi connectivity index (χ3n) is 8.59. The number of carbonyl (C=O) groups is 1. The molecule has 5 atom stereocenters. The van der Waals surface area contributed by atoms with Crippen molar-refractivity contribution in [3.63, 3.8) is 0 Å². The van der Waals surface area contributed by atoms with Crippen LogP contribution in [0.5, 0.6) is 5.75 Å². The summed E-state index contributed by atoms with van der Waals surface area (Å²) in [6, 6.07) is 6.29. The normalized spacial score (nSPS) is 40.3. The van der Waals surface area contributed by atoms with Gasteiger partial charge in [-0.15, -0.1) is 0 Å². The van der Waals surface area contributed by atoms with Crippen molar-refractivity contribution in [2.24, 2.45) is 22.7 Å². The molecule has 3 nitrogen and oxygen atoms in total. The van der Waals surface area contributed by atoms with Gasteiger partial charge in [0, 0.05) is 13.0 Å². The minimum Gasteiger partial charge on any atom is -0.508 e. The van der Waals surface area contributed by atoms with Crippen LogP contribution in [0.15, 0.2) is 18.2 Å². The van der Waals surface area contributed by atoms with E-state index in [9.17, 15) is 9.90 Å². The molecule has 1 aromatic carbocycles. The lowest BCUT2D eigenvalue weighted by atomic mass is 9.42. The predicted octanol–water partition coefficient (Wildman–Crippen LogP) is 4.56. The number of amides is 1. The summed E-state index contributed by atoms with van der Waals surface area (Å²) in [5, 5.41) is 13.2. The maximum Gasteiger partial charge on any atom is 0.217 e. The zero-order chi connectivity index (χ0) is 18.9. The summed E-state index contributed by atoms with van der Waals surface area (Å²) in [4.78, 5) is 11.7. The van der Waals surface area contributed by atoms with E-state index in [1.54, 1.807) is 6.92 Å². The van der Waals surface area contributed by atoms with E-state index >= 15 is 0 Å². The molecule has 0 heterocycles. The highest BCUT2D eigenvalue weighted by Crippen LogP contribution is 2.67. The summed E-state index contributed by atoms with van der Waals surface area (Å²) >= 11 is 0. The zero-order valence-corrected chi connectivity index (χ0v) is 16.9. The number of aromatic hydroxyl groups is 1. The van der Waals surface area contributed by atoms with Gasteiger partial charge in [-0.25, -0.2) is 0 Å². The first-order chi connectivity index (χ1) is 12.1. The Labute approximate surface area is 157 Å². The van der Waals surface area contributed by atoms with Crippen LogP contribution in [0.4, 0.5) is 0 Å². The highest BCUT2D eigenvalue weighted by molar-refractivity contribution is 5.73. The fourth-order valence-electron chi connectivity index (χ4n) is 7.37. The minimum absolute atomic E-state index is 0.0936. The van der Waals surface area contributed by atoms with Crippen molar-refractivity contribution in [1.82, 2.24) is 5.32 Å². The van der Waals surface area contributed by atoms with Gasteiger partial charge in [0.25, 0.3) is 0 Å². The van der Waals surface area contributed by atoms with Gasteiger partial charge in [-0.1, -0.05) is 33.8 Å². The Kier molecular flexibility index (Phi) is 3.78. The minimum atomic E-state index is 0.0936. The van der Waals surface area contributed by atoms with Gasteiger partial charge in [-0.05, 0) is 83.4 Å². The van der Waals surface area contributed by atoms with E-state index in [0.29, 0.717) is 17.6 Å². The van der Waals surface area contributed by atoms with Crippen LogP contribution in [0.3, 0.4) is 0 Å². The predicted molar refractivity (Wildman–Crippen MR) is 104 cm³/mol. The van der Waals surface area contributed by atoms with Gasteiger partial charge in [0.05, 0.1) is 0 Å². The van der Waals surface area contributed by atoms with Crippen LogP contribution in [0.25, 0.3) is 0 Å². The monoisotopic (exact) mass is 355 g/mol. The van der Waals surface area contributed by atoms with Crippen molar-refractivity contribution in [2.45, 2.75) is 78.2 Å². The van der Waals surface area contributed by atoms with Crippen molar-refractivity contribution in [1.29, 1.82) is 0 Å². The second-order valence-electron chi connectivity index (χ2n) is 10.2. The standard InChI is InChI=1S/C23H33NO2/c1-14(25)24-20-9-11-23(5)18(21(20,2)3)8-10-22(4)17-7-6-16(26)12-15(17)13-19(22)23/h6-7,12,18-20,26H,8-11,13H2,1-5H3,(H,24,25). The molecule has 1 aromatic rings. The summed E-state index contributed by atoms with van der Waals surface area (Å²) in [6.45, 7) is 11.3. The second kappa shape index (κ2) is 5.50. The van der Waals surface area contributed by atoms with E-state index < -0.39 is 0 Å². The van der Waals surface area contributed by atoms with Gasteiger partial charge >= 0.3 is 0 Å². The maximum atomic E-state index is 11.7. The van der Waals surface area contributed by atoms with Gasteiger partial charge < -0.3 is 10.4 Å². The Morgan fingerprint density at radius 3 is 2.54 bits per heavy atom. The average molecular weight is 356 g/mol. The summed E-state index contributed by atoms with van der Waals surface area (Å²) in [6.07, 6.45) is 5.73. The molecule has 26 heavy (non-hydrogen) atoms. The highest BCUT2D eigenvalue weighted by atomic mass is 16.3. The van der Waals surface area contributed by atoms with Crippen LogP contribution in [0, 0.1) is 22.7 Å². The molecule has 3 heteroatoms. The number of phenolic OH excluding ortho intramolecular Hbond substituents is 1. The van der Waals surface area contributed by atoms with Gasteiger partial charge in [-0.3, -0.25) is 4.79 Å². The molecule has 0 aliphatic heterocycles. The maximum absolute atomic E-state index is 11.7. The molecule has 5 unspecified atom stereocenters. The van der Waals surface area contributed by atoms with Crippen molar-refractivity contribution in [3.05, 3.63) is 29.3 Å². The fourth-order valence-corrected chi connectivity index (χ4v) is 7.37. The van der Waals surface area contributed by atoms with Gasteiger partial charge in [0.15, 0.2) is 0 Å². The Hall–Kier alpha value is -1.51. The molecule has 0 radical (unpaired) electrons. The number of carbonyl (C=O) groups excluding carboxylic acids is 1. The van der Waals surface area contributed by atoms with E-state index in [1.165, 1.54) is 30.4 Å². The van der Waals surface area contributed by atoms with E-state index in [0.717, 1.165) is 12.8 Å². The zero-order valence-electron chi connectivity index (χ0n) is 16.9. The quantitative estimate of drug-likeness (QED) is 0.776. The number of phenols is 1. The summed E-state index contributed by atoms with van der Waals surface area (Å²) in [5.74, 6) is 1.71. The molecule has 0 bridgehead atoms. The number of nitrogens with one attached hydrogen (secondary N) is 1. The highest BCUT2D eigenvalue weighted by Gasteiger charge is 2.62. The van der Waals surface area contributed by atoms with E-state index in [-0.39, 0.29) is 28.2 Å². The molecule has 1 amide bonds. The molecule has 3 aliphatic carbocycles. The Bertz CT molecular complexity index is 755. The van der Waals surface area contributed by atoms with E-state index in [2.05, 4.69) is 39.1 Å². The van der Waals surface area contributed by atoms with Crippen molar-refractivity contribution in [3.8, 4) is 5.75 Å². The molecule has 2 saturated carbocycles. The van der Waals surface area contributed by atoms with Crippen molar-refractivity contribution < 1.29 is 9.90 Å². The molecule has 2 fully saturated rings. The lowest BCUT2D eigenvalue weighted by molar-refractivity contribution is -0.131. The third-order valence-corrected chi connectivity index (χ3v) is 8.59. The SMILES string of the molecule is CC(=O)NC1CCC2(C)C3Cc4cc(O)ccc4C3(C)CCC2C1(C)C. The molecule has 4 rings (SSSR count). The summed E-state index contributed by atoms with van der Waals surface area (Å²) in [7, 11) is 0. The van der Waals surface area contributed by atoms with Crippen molar-refractivity contribution in [2.75, 3.05) is 0 Å². The van der Waals surface area contributed by atoms with Crippen molar-refractivity contribution >= 4 is 5.91 Å².